The molecule has 2 heterocycles. The molecule has 106 valence electrons. The molecule has 1 N–H and O–H groups in total. The molecule has 1 aromatic carbocycles. The molecule has 0 unspecified atom stereocenters. The summed E-state index contributed by atoms with van der Waals surface area (Å²) >= 11 is 1.59. The van der Waals surface area contributed by atoms with Crippen LogP contribution in [0.1, 0.15) is 22.2 Å². The minimum absolute atomic E-state index is 0.225. The second-order valence-electron chi connectivity index (χ2n) is 4.60. The van der Waals surface area contributed by atoms with Crippen molar-refractivity contribution in [3.05, 3.63) is 59.1 Å². The lowest BCUT2D eigenvalue weighted by atomic mass is 10.2. The number of carboxylic acids is 1. The van der Waals surface area contributed by atoms with Crippen LogP contribution in [0.3, 0.4) is 0 Å². The average molecular weight is 298 g/mol. The monoisotopic (exact) mass is 298 g/mol. The highest BCUT2D eigenvalue weighted by Gasteiger charge is 2.19. The Kier molecular flexibility index (Phi) is 3.58. The zero-order valence-electron chi connectivity index (χ0n) is 11.5. The van der Waals surface area contributed by atoms with Crippen LogP contribution in [0, 0.1) is 0 Å². The van der Waals surface area contributed by atoms with Gasteiger partial charge in [-0.25, -0.2) is 9.48 Å². The van der Waals surface area contributed by atoms with Gasteiger partial charge in [0.25, 0.3) is 0 Å². The number of hydrogen-bond acceptors (Lipinski definition) is 3. The molecular formula is C16H14N2O2S. The predicted octanol–water partition coefficient (Wildman–Crippen LogP) is 3.86. The molecule has 21 heavy (non-hydrogen) atoms. The maximum atomic E-state index is 11.5. The van der Waals surface area contributed by atoms with Crippen LogP contribution in [0.2, 0.25) is 0 Å². The van der Waals surface area contributed by atoms with Crippen molar-refractivity contribution >= 4 is 17.3 Å². The Morgan fingerprint density at radius 2 is 2.00 bits per heavy atom. The fourth-order valence-corrected chi connectivity index (χ4v) is 3.07. The number of para-hydroxylation sites is 1. The Balaban J connectivity index is 2.11. The molecular weight excluding hydrogens is 284 g/mol. The maximum absolute atomic E-state index is 11.5. The lowest BCUT2D eigenvalue weighted by Gasteiger charge is -1.99. The number of aromatic carboxylic acids is 1. The van der Waals surface area contributed by atoms with Crippen LogP contribution in [0.15, 0.2) is 48.7 Å². The normalized spacial score (nSPS) is 10.7. The lowest BCUT2D eigenvalue weighted by molar-refractivity contribution is 0.0697. The molecule has 0 amide bonds. The second-order valence-corrected chi connectivity index (χ2v) is 5.76. The summed E-state index contributed by atoms with van der Waals surface area (Å²) in [5, 5.41) is 13.9. The Hall–Kier alpha value is -2.40. The quantitative estimate of drug-likeness (QED) is 0.795. The van der Waals surface area contributed by atoms with Crippen LogP contribution in [0.5, 0.6) is 0 Å². The zero-order chi connectivity index (χ0) is 14.8. The summed E-state index contributed by atoms with van der Waals surface area (Å²) in [5.74, 6) is -0.960. The molecule has 0 aliphatic carbocycles. The van der Waals surface area contributed by atoms with Gasteiger partial charge in [0.15, 0.2) is 0 Å². The van der Waals surface area contributed by atoms with E-state index >= 15 is 0 Å². The van der Waals surface area contributed by atoms with E-state index in [4.69, 9.17) is 0 Å². The van der Waals surface area contributed by atoms with E-state index in [1.807, 2.05) is 42.5 Å². The third-order valence-corrected chi connectivity index (χ3v) is 4.45. The van der Waals surface area contributed by atoms with Crippen molar-refractivity contribution in [1.82, 2.24) is 9.78 Å². The molecule has 0 spiro atoms. The third kappa shape index (κ3) is 2.60. The number of benzene rings is 1. The molecule has 4 nitrogen and oxygen atoms in total. The largest absolute Gasteiger partial charge is 0.478 e. The predicted molar refractivity (Wildman–Crippen MR) is 83.2 cm³/mol. The van der Waals surface area contributed by atoms with E-state index in [-0.39, 0.29) is 5.56 Å². The van der Waals surface area contributed by atoms with Gasteiger partial charge in [-0.3, -0.25) is 0 Å². The average Bonchev–Trinajstić information content (AvgIpc) is 3.14. The first kappa shape index (κ1) is 13.6. The number of nitrogens with zero attached hydrogens (tertiary/aromatic N) is 2. The van der Waals surface area contributed by atoms with E-state index in [1.165, 1.54) is 4.88 Å². The molecule has 0 radical (unpaired) electrons. The molecule has 0 atom stereocenters. The zero-order valence-corrected chi connectivity index (χ0v) is 12.3. The first-order chi connectivity index (χ1) is 10.2. The molecule has 0 aliphatic heterocycles. The van der Waals surface area contributed by atoms with Gasteiger partial charge < -0.3 is 5.11 Å². The van der Waals surface area contributed by atoms with Gasteiger partial charge in [0.1, 0.15) is 11.3 Å². The second kappa shape index (κ2) is 5.54. The van der Waals surface area contributed by atoms with E-state index in [2.05, 4.69) is 12.0 Å². The third-order valence-electron chi connectivity index (χ3n) is 3.21. The van der Waals surface area contributed by atoms with Gasteiger partial charge >= 0.3 is 5.97 Å². The summed E-state index contributed by atoms with van der Waals surface area (Å²) in [7, 11) is 0. The smallest absolute Gasteiger partial charge is 0.339 e. The number of aromatic nitrogens is 2. The van der Waals surface area contributed by atoms with Crippen LogP contribution < -0.4 is 0 Å². The number of carboxylic acid groups (broad SMARTS) is 1. The van der Waals surface area contributed by atoms with E-state index in [0.29, 0.717) is 5.69 Å². The van der Waals surface area contributed by atoms with Crippen LogP contribution in [0.25, 0.3) is 16.3 Å². The minimum atomic E-state index is -0.960. The van der Waals surface area contributed by atoms with Crippen LogP contribution >= 0.6 is 11.3 Å². The Labute approximate surface area is 126 Å². The highest BCUT2D eigenvalue weighted by Crippen LogP contribution is 2.30. The summed E-state index contributed by atoms with van der Waals surface area (Å²) in [5.41, 5.74) is 1.60. The van der Waals surface area contributed by atoms with Gasteiger partial charge in [-0.2, -0.15) is 5.10 Å². The van der Waals surface area contributed by atoms with Gasteiger partial charge in [0.2, 0.25) is 0 Å². The van der Waals surface area contributed by atoms with E-state index in [1.54, 1.807) is 22.2 Å². The fraction of sp³-hybridized carbons (Fsp3) is 0.125. The number of rotatable bonds is 4. The van der Waals surface area contributed by atoms with Gasteiger partial charge in [0.05, 0.1) is 10.6 Å². The van der Waals surface area contributed by atoms with Crippen molar-refractivity contribution in [2.24, 2.45) is 0 Å². The molecule has 3 rings (SSSR count). The van der Waals surface area contributed by atoms with Gasteiger partial charge in [0, 0.05) is 11.1 Å². The molecule has 0 saturated heterocycles. The minimum Gasteiger partial charge on any atom is -0.478 e. The van der Waals surface area contributed by atoms with E-state index in [9.17, 15) is 9.90 Å². The van der Waals surface area contributed by atoms with Crippen LogP contribution in [-0.2, 0) is 6.42 Å². The van der Waals surface area contributed by atoms with Crippen molar-refractivity contribution < 1.29 is 9.90 Å². The summed E-state index contributed by atoms with van der Waals surface area (Å²) < 4.78 is 1.62. The van der Waals surface area contributed by atoms with Crippen molar-refractivity contribution in [1.29, 1.82) is 0 Å². The molecule has 0 aliphatic rings. The van der Waals surface area contributed by atoms with Gasteiger partial charge in [-0.15, -0.1) is 11.3 Å². The standard InChI is InChI=1S/C16H14N2O2S/c1-2-12-8-9-14(21-12)15-13(16(19)20)10-18(17-15)11-6-4-3-5-7-11/h3-10H,2H2,1H3,(H,19,20). The maximum Gasteiger partial charge on any atom is 0.339 e. The van der Waals surface area contributed by atoms with Gasteiger partial charge in [-0.1, -0.05) is 25.1 Å². The SMILES string of the molecule is CCc1ccc(-c2nn(-c3ccccc3)cc2C(=O)O)s1. The van der Waals surface area contributed by atoms with Crippen molar-refractivity contribution in [2.45, 2.75) is 13.3 Å². The van der Waals surface area contributed by atoms with Crippen molar-refractivity contribution in [3.8, 4) is 16.3 Å². The van der Waals surface area contributed by atoms with E-state index < -0.39 is 5.97 Å². The molecule has 0 fully saturated rings. The summed E-state index contributed by atoms with van der Waals surface area (Å²) in [6, 6.07) is 13.5. The molecule has 0 saturated carbocycles. The summed E-state index contributed by atoms with van der Waals surface area (Å²) in [4.78, 5) is 13.6. The van der Waals surface area contributed by atoms with Crippen LogP contribution in [-0.4, -0.2) is 20.9 Å². The lowest BCUT2D eigenvalue weighted by Crippen LogP contribution is -1.95. The van der Waals surface area contributed by atoms with Crippen molar-refractivity contribution in [3.63, 3.8) is 0 Å². The first-order valence-electron chi connectivity index (χ1n) is 6.66. The Morgan fingerprint density at radius 1 is 1.24 bits per heavy atom. The molecule has 2 aromatic heterocycles. The molecule has 3 aromatic rings. The molecule has 0 bridgehead atoms. The fourth-order valence-electron chi connectivity index (χ4n) is 2.12. The first-order valence-corrected chi connectivity index (χ1v) is 7.48. The summed E-state index contributed by atoms with van der Waals surface area (Å²) in [6.07, 6.45) is 2.50. The topological polar surface area (TPSA) is 55.1 Å². The van der Waals surface area contributed by atoms with Gasteiger partial charge in [-0.05, 0) is 30.7 Å². The Morgan fingerprint density at radius 3 is 2.62 bits per heavy atom. The van der Waals surface area contributed by atoms with Crippen molar-refractivity contribution in [2.75, 3.05) is 0 Å². The molecule has 5 heteroatoms. The number of thiophene rings is 1. The number of carbonyl (C=O) groups is 1. The number of hydrogen-bond donors (Lipinski definition) is 1. The van der Waals surface area contributed by atoms with E-state index in [0.717, 1.165) is 17.0 Å². The highest BCUT2D eigenvalue weighted by atomic mass is 32.1. The Bertz CT molecular complexity index is 775. The van der Waals surface area contributed by atoms with Crippen LogP contribution in [0.4, 0.5) is 0 Å². The number of aryl methyl sites for hydroxylation is 1. The summed E-state index contributed by atoms with van der Waals surface area (Å²) in [6.45, 7) is 2.08. The highest BCUT2D eigenvalue weighted by molar-refractivity contribution is 7.15.